The van der Waals surface area contributed by atoms with Crippen LogP contribution in [0, 0.1) is 41.5 Å². The van der Waals surface area contributed by atoms with Gasteiger partial charge in [0.05, 0.1) is 0 Å². The van der Waals surface area contributed by atoms with Crippen LogP contribution in [0.3, 0.4) is 0 Å². The Morgan fingerprint density at radius 3 is 1.03 bits per heavy atom. The van der Waals surface area contributed by atoms with E-state index in [1.54, 1.807) is 36.7 Å². The second-order valence-corrected chi connectivity index (χ2v) is 39.8. The molecule has 1 saturated heterocycles. The summed E-state index contributed by atoms with van der Waals surface area (Å²) < 4.78 is 1.80. The van der Waals surface area contributed by atoms with Crippen molar-refractivity contribution in [1.29, 1.82) is 0 Å². The van der Waals surface area contributed by atoms with E-state index in [1.165, 1.54) is 55.7 Å². The second-order valence-electron chi connectivity index (χ2n) is 22.9. The summed E-state index contributed by atoms with van der Waals surface area (Å²) in [5, 5.41) is 3.35. The fraction of sp³-hybridized carbons (Fsp3) is 0.559. The van der Waals surface area contributed by atoms with E-state index in [9.17, 15) is 0 Å². The van der Waals surface area contributed by atoms with E-state index in [-0.39, 0.29) is 14.6 Å². The molecule has 0 bridgehead atoms. The third-order valence-corrected chi connectivity index (χ3v) is 43.4. The van der Waals surface area contributed by atoms with Crippen LogP contribution in [0.5, 0.6) is 0 Å². The summed E-state index contributed by atoms with van der Waals surface area (Å²) in [6, 6.07) is 20.3. The molecule has 0 amide bonds. The quantitative estimate of drug-likeness (QED) is 0.115. The molecular formula is C59H89AsN2Si2. The standard InChI is InChI=1S/C59H89AsN2Si2/c1-33(2)48-29-50(35(5)6)56(51(30-48)36(7)8)63(57-52(37(9)10)31-49(34(3)4)32-53(57)38(11)12)58(60-64(39(13)14,40(15)16)41(17)18)62(55-46(23)27-43(20)28-47(55)24)59(63)61-54-44(21)25-42(19)26-45(54)22/h25-41H,1-24H3. The summed E-state index contributed by atoms with van der Waals surface area (Å²) >= 11 is -0.254. The normalized spacial score (nSPS) is 16.0. The number of amidine groups is 1. The van der Waals surface area contributed by atoms with Gasteiger partial charge in [-0.1, -0.05) is 0 Å². The van der Waals surface area contributed by atoms with Gasteiger partial charge in [-0.2, -0.15) is 0 Å². The molecule has 0 N–H and O–H groups in total. The van der Waals surface area contributed by atoms with Crippen molar-refractivity contribution in [3.8, 4) is 0 Å². The molecule has 0 radical (unpaired) electrons. The summed E-state index contributed by atoms with van der Waals surface area (Å²) in [6.45, 7) is 57.0. The van der Waals surface area contributed by atoms with Gasteiger partial charge in [0, 0.05) is 0 Å². The van der Waals surface area contributed by atoms with Gasteiger partial charge in [-0.3, -0.25) is 0 Å². The van der Waals surface area contributed by atoms with Gasteiger partial charge >= 0.3 is 404 Å². The zero-order chi connectivity index (χ0) is 48.2. The molecule has 4 aromatic rings. The Kier molecular flexibility index (Phi) is 16.2. The van der Waals surface area contributed by atoms with E-state index in [1.807, 2.05) is 0 Å². The number of hydrogen-bond acceptors (Lipinski definition) is 1. The zero-order valence-corrected chi connectivity index (χ0v) is 49.0. The molecule has 0 saturated carbocycles. The van der Waals surface area contributed by atoms with Crippen LogP contribution < -0.4 is 15.3 Å². The second kappa shape index (κ2) is 19.8. The van der Waals surface area contributed by atoms with E-state index in [2.05, 4.69) is 220 Å². The van der Waals surface area contributed by atoms with Gasteiger partial charge in [0.2, 0.25) is 0 Å². The van der Waals surface area contributed by atoms with E-state index in [0.717, 1.165) is 5.69 Å². The Balaban J connectivity index is 2.38. The number of hydrogen-bond donors (Lipinski definition) is 0. The molecule has 1 aliphatic heterocycles. The summed E-state index contributed by atoms with van der Waals surface area (Å²) in [4.78, 5) is 9.31. The molecule has 1 fully saturated rings. The maximum atomic E-state index is 6.42. The first-order valence-electron chi connectivity index (χ1n) is 25.2. The van der Waals surface area contributed by atoms with Gasteiger partial charge in [-0.15, -0.1) is 0 Å². The van der Waals surface area contributed by atoms with E-state index >= 15 is 0 Å². The number of nitrogens with zero attached hydrogens (tertiary/aromatic N) is 2. The van der Waals surface area contributed by atoms with Crippen molar-refractivity contribution >= 4 is 60.5 Å². The number of benzene rings is 4. The van der Waals surface area contributed by atoms with Crippen LogP contribution >= 0.6 is 0 Å². The fourth-order valence-corrected chi connectivity index (χ4v) is 40.2. The van der Waals surface area contributed by atoms with Crippen molar-refractivity contribution in [1.82, 2.24) is 0 Å². The predicted molar refractivity (Wildman–Crippen MR) is 295 cm³/mol. The molecule has 5 rings (SSSR count). The average Bonchev–Trinajstić information content (AvgIpc) is 3.16. The molecule has 2 nitrogen and oxygen atoms in total. The van der Waals surface area contributed by atoms with Gasteiger partial charge in [0.15, 0.2) is 0 Å². The Labute approximate surface area is 401 Å². The Morgan fingerprint density at radius 2 is 0.750 bits per heavy atom. The van der Waals surface area contributed by atoms with E-state index in [0.29, 0.717) is 52.1 Å². The number of aliphatic imine (C=N–C) groups is 1. The molecule has 1 heterocycles. The van der Waals surface area contributed by atoms with Gasteiger partial charge in [-0.25, -0.2) is 0 Å². The van der Waals surface area contributed by atoms with Crippen molar-refractivity contribution < 1.29 is 0 Å². The third-order valence-electron chi connectivity index (χ3n) is 14.9. The van der Waals surface area contributed by atoms with Gasteiger partial charge < -0.3 is 0 Å². The van der Waals surface area contributed by atoms with Crippen LogP contribution in [0.2, 0.25) is 16.6 Å². The number of aryl methyl sites for hydroxylation is 6. The van der Waals surface area contributed by atoms with Crippen LogP contribution in [0.1, 0.15) is 227 Å². The third kappa shape index (κ3) is 9.13. The van der Waals surface area contributed by atoms with Crippen LogP contribution in [-0.2, 0) is 0 Å². The molecule has 0 spiro atoms. The predicted octanol–water partition coefficient (Wildman–Crippen LogP) is 16.2. The topological polar surface area (TPSA) is 15.6 Å². The molecule has 348 valence electrons. The SMILES string of the molecule is Cc1cc(C)c(N=C2N(c3c(C)cc(C)cc3C)C(=[As][Si](C(C)C)(C(C)C)C(C)C)[Si]2(c2c(C(C)C)cc(C(C)C)cc2C(C)C)c2c(C(C)C)cc(C(C)C)cc2C(C)C)c(C)c1. The number of rotatable bonds is 14. The minimum absolute atomic E-state index is 0.254. The van der Waals surface area contributed by atoms with Crippen LogP contribution in [0.4, 0.5) is 11.4 Å². The van der Waals surface area contributed by atoms with Gasteiger partial charge in [-0.05, 0) is 0 Å². The number of anilines is 1. The van der Waals surface area contributed by atoms with Crippen molar-refractivity contribution in [3.05, 3.63) is 115 Å². The Bertz CT molecular complexity index is 2220. The molecule has 0 aromatic heterocycles. The summed E-state index contributed by atoms with van der Waals surface area (Å²) in [5.41, 5.74) is 22.9. The summed E-state index contributed by atoms with van der Waals surface area (Å²) in [5.74, 6) is 2.24. The molecule has 0 aliphatic carbocycles. The molecule has 64 heavy (non-hydrogen) atoms. The van der Waals surface area contributed by atoms with E-state index in [4.69, 9.17) is 4.99 Å². The first-order valence-corrected chi connectivity index (χ1v) is 33.1. The average molecular weight is 957 g/mol. The van der Waals surface area contributed by atoms with Crippen molar-refractivity contribution in [3.63, 3.8) is 0 Å². The summed E-state index contributed by atoms with van der Waals surface area (Å²) in [7, 11) is -3.22. The molecule has 1 aliphatic rings. The van der Waals surface area contributed by atoms with Crippen molar-refractivity contribution in [2.75, 3.05) is 4.90 Å². The molecular weight excluding hydrogens is 868 g/mol. The first-order chi connectivity index (χ1) is 29.7. The van der Waals surface area contributed by atoms with Crippen LogP contribution in [-0.4, -0.2) is 38.8 Å². The minimum atomic E-state index is -3.22. The zero-order valence-electron chi connectivity index (χ0n) is 45.2. The van der Waals surface area contributed by atoms with Crippen LogP contribution in [0.25, 0.3) is 0 Å². The van der Waals surface area contributed by atoms with Gasteiger partial charge in [0.25, 0.3) is 0 Å². The van der Waals surface area contributed by atoms with Crippen molar-refractivity contribution in [2.24, 2.45) is 4.99 Å². The maximum absolute atomic E-state index is 6.42. The fourth-order valence-electron chi connectivity index (χ4n) is 11.9. The van der Waals surface area contributed by atoms with Gasteiger partial charge in [0.1, 0.15) is 0 Å². The van der Waals surface area contributed by atoms with E-state index < -0.39 is 14.6 Å². The molecule has 4 aromatic carbocycles. The monoisotopic (exact) mass is 957 g/mol. The van der Waals surface area contributed by atoms with Crippen molar-refractivity contribution in [2.45, 2.75) is 218 Å². The molecule has 0 unspecified atom stereocenters. The summed E-state index contributed by atoms with van der Waals surface area (Å²) in [6.07, 6.45) is 0. The van der Waals surface area contributed by atoms with Crippen LogP contribution in [0.15, 0.2) is 53.5 Å². The first kappa shape index (κ1) is 52.2. The molecule has 0 atom stereocenters. The molecule has 5 heteroatoms. The Morgan fingerprint density at radius 1 is 0.438 bits per heavy atom. The Hall–Kier alpha value is -2.79.